The van der Waals surface area contributed by atoms with Crippen molar-refractivity contribution < 1.29 is 4.79 Å². The summed E-state index contributed by atoms with van der Waals surface area (Å²) in [6.07, 6.45) is 2.15. The summed E-state index contributed by atoms with van der Waals surface area (Å²) in [5, 5.41) is 0.986. The number of fused-ring (bicyclic) bond motifs is 1. The molecule has 4 rings (SSSR count). The lowest BCUT2D eigenvalue weighted by Crippen LogP contribution is -2.41. The third-order valence-corrected chi connectivity index (χ3v) is 5.98. The molecule has 0 aliphatic rings. The van der Waals surface area contributed by atoms with E-state index >= 15 is 0 Å². The van der Waals surface area contributed by atoms with Crippen LogP contribution in [0, 0.1) is 0 Å². The second-order valence-corrected chi connectivity index (χ2v) is 8.38. The van der Waals surface area contributed by atoms with Crippen LogP contribution in [-0.4, -0.2) is 38.4 Å². The summed E-state index contributed by atoms with van der Waals surface area (Å²) in [6, 6.07) is 19.4. The average Bonchev–Trinajstić information content (AvgIpc) is 2.87. The fourth-order valence-electron chi connectivity index (χ4n) is 4.08. The first-order valence-electron chi connectivity index (χ1n) is 11.2. The van der Waals surface area contributed by atoms with Gasteiger partial charge < -0.3 is 10.6 Å². The summed E-state index contributed by atoms with van der Waals surface area (Å²) in [6.45, 7) is 2.87. The van der Waals surface area contributed by atoms with Gasteiger partial charge in [-0.15, -0.1) is 0 Å². The van der Waals surface area contributed by atoms with E-state index in [9.17, 15) is 9.59 Å². The number of pyridine rings is 1. The summed E-state index contributed by atoms with van der Waals surface area (Å²) in [7, 11) is 0. The highest BCUT2D eigenvalue weighted by atomic mass is 35.5. The van der Waals surface area contributed by atoms with Crippen molar-refractivity contribution in [3.63, 3.8) is 0 Å². The van der Waals surface area contributed by atoms with Crippen LogP contribution < -0.4 is 11.3 Å². The average molecular weight is 476 g/mol. The Labute approximate surface area is 202 Å². The maximum atomic E-state index is 13.6. The van der Waals surface area contributed by atoms with Gasteiger partial charge in [0, 0.05) is 29.9 Å². The predicted molar refractivity (Wildman–Crippen MR) is 134 cm³/mol. The predicted octanol–water partition coefficient (Wildman–Crippen LogP) is 4.05. The molecule has 2 heterocycles. The van der Waals surface area contributed by atoms with Gasteiger partial charge >= 0.3 is 0 Å². The van der Waals surface area contributed by atoms with Crippen molar-refractivity contribution in [1.29, 1.82) is 0 Å². The van der Waals surface area contributed by atoms with Gasteiger partial charge in [-0.25, -0.2) is 9.97 Å². The van der Waals surface area contributed by atoms with E-state index in [1.807, 2.05) is 37.3 Å². The first-order chi connectivity index (χ1) is 16.5. The largest absolute Gasteiger partial charge is 0.329 e. The number of benzene rings is 2. The van der Waals surface area contributed by atoms with E-state index in [0.29, 0.717) is 47.0 Å². The molecule has 0 aliphatic carbocycles. The number of carbonyl (C=O) groups is 1. The molecule has 0 saturated carbocycles. The normalized spacial score (nSPS) is 12.0. The van der Waals surface area contributed by atoms with Crippen LogP contribution in [0.4, 0.5) is 0 Å². The first kappa shape index (κ1) is 23.6. The van der Waals surface area contributed by atoms with Crippen molar-refractivity contribution in [3.05, 3.63) is 105 Å². The Kier molecular flexibility index (Phi) is 7.35. The van der Waals surface area contributed by atoms with E-state index in [-0.39, 0.29) is 18.0 Å². The van der Waals surface area contributed by atoms with Gasteiger partial charge in [0.2, 0.25) is 0 Å². The number of halogens is 1. The Bertz CT molecular complexity index is 1340. The van der Waals surface area contributed by atoms with Crippen molar-refractivity contribution >= 4 is 28.5 Å². The van der Waals surface area contributed by atoms with E-state index in [0.717, 1.165) is 5.56 Å². The van der Waals surface area contributed by atoms with Crippen molar-refractivity contribution in [2.75, 3.05) is 13.1 Å². The number of rotatable bonds is 8. The van der Waals surface area contributed by atoms with Gasteiger partial charge in [0.1, 0.15) is 5.82 Å². The van der Waals surface area contributed by atoms with Gasteiger partial charge in [-0.1, -0.05) is 48.9 Å². The minimum Gasteiger partial charge on any atom is -0.329 e. The van der Waals surface area contributed by atoms with Crippen LogP contribution in [0.3, 0.4) is 0 Å². The summed E-state index contributed by atoms with van der Waals surface area (Å²) in [5.74, 6) is 0.286. The molecule has 2 N–H and O–H groups in total. The Morgan fingerprint density at radius 1 is 1.09 bits per heavy atom. The standard InChI is InChI=1S/C26H26ClN5O2/c1-2-22(31(16-14-28)25(33)19-10-12-20(27)13-11-19)24-30-23-21(9-6-15-29-23)26(34)32(24)17-18-7-4-3-5-8-18/h3-13,15,22H,2,14,16-17,28H2,1H3. The fourth-order valence-corrected chi connectivity index (χ4v) is 4.21. The smallest absolute Gasteiger partial charge is 0.263 e. The van der Waals surface area contributed by atoms with Crippen molar-refractivity contribution in [2.24, 2.45) is 5.73 Å². The summed E-state index contributed by atoms with van der Waals surface area (Å²) < 4.78 is 1.65. The highest BCUT2D eigenvalue weighted by molar-refractivity contribution is 6.30. The SMILES string of the molecule is CCC(c1nc2ncccc2c(=O)n1Cc1ccccc1)N(CCN)C(=O)c1ccc(Cl)cc1. The number of nitrogens with zero attached hydrogens (tertiary/aromatic N) is 4. The Morgan fingerprint density at radius 3 is 2.50 bits per heavy atom. The number of hydrogen-bond donors (Lipinski definition) is 1. The molecular weight excluding hydrogens is 450 g/mol. The van der Waals surface area contributed by atoms with Crippen molar-refractivity contribution in [1.82, 2.24) is 19.4 Å². The molecule has 7 nitrogen and oxygen atoms in total. The van der Waals surface area contributed by atoms with Gasteiger partial charge in [-0.05, 0) is 48.4 Å². The molecule has 0 bridgehead atoms. The molecular formula is C26H26ClN5O2. The lowest BCUT2D eigenvalue weighted by Gasteiger charge is -2.32. The molecule has 174 valence electrons. The lowest BCUT2D eigenvalue weighted by atomic mass is 10.1. The second kappa shape index (κ2) is 10.6. The van der Waals surface area contributed by atoms with Crippen LogP contribution in [0.15, 0.2) is 77.7 Å². The first-order valence-corrected chi connectivity index (χ1v) is 11.6. The van der Waals surface area contributed by atoms with E-state index in [1.54, 1.807) is 52.1 Å². The van der Waals surface area contributed by atoms with Crippen LogP contribution in [0.2, 0.25) is 5.02 Å². The molecule has 1 amide bonds. The Morgan fingerprint density at radius 2 is 1.82 bits per heavy atom. The Hall–Kier alpha value is -3.55. The highest BCUT2D eigenvalue weighted by Crippen LogP contribution is 2.26. The minimum absolute atomic E-state index is 0.193. The molecule has 8 heteroatoms. The van der Waals surface area contributed by atoms with E-state index in [1.165, 1.54) is 0 Å². The van der Waals surface area contributed by atoms with Gasteiger partial charge in [0.05, 0.1) is 18.0 Å². The third kappa shape index (κ3) is 4.85. The maximum absolute atomic E-state index is 13.6. The molecule has 0 fully saturated rings. The number of hydrogen-bond acceptors (Lipinski definition) is 5. The third-order valence-electron chi connectivity index (χ3n) is 5.73. The molecule has 2 aromatic heterocycles. The molecule has 1 atom stereocenters. The molecule has 0 spiro atoms. The van der Waals surface area contributed by atoms with E-state index in [4.69, 9.17) is 22.3 Å². The number of carbonyl (C=O) groups excluding carboxylic acids is 1. The zero-order valence-corrected chi connectivity index (χ0v) is 19.7. The van der Waals surface area contributed by atoms with Crippen LogP contribution in [0.1, 0.15) is 41.1 Å². The Balaban J connectivity index is 1.87. The summed E-state index contributed by atoms with van der Waals surface area (Å²) in [4.78, 5) is 37.9. The molecule has 4 aromatic rings. The summed E-state index contributed by atoms with van der Waals surface area (Å²) >= 11 is 6.01. The van der Waals surface area contributed by atoms with Crippen LogP contribution in [0.5, 0.6) is 0 Å². The molecule has 0 aliphatic heterocycles. The molecule has 0 saturated heterocycles. The highest BCUT2D eigenvalue weighted by Gasteiger charge is 2.29. The summed E-state index contributed by atoms with van der Waals surface area (Å²) in [5.41, 5.74) is 7.52. The topological polar surface area (TPSA) is 94.1 Å². The zero-order valence-electron chi connectivity index (χ0n) is 18.9. The quantitative estimate of drug-likeness (QED) is 0.415. The number of amides is 1. The number of nitrogens with two attached hydrogens (primary N) is 1. The van der Waals surface area contributed by atoms with Crippen molar-refractivity contribution in [3.8, 4) is 0 Å². The van der Waals surface area contributed by atoms with E-state index < -0.39 is 6.04 Å². The van der Waals surface area contributed by atoms with Crippen LogP contribution in [0.25, 0.3) is 11.0 Å². The second-order valence-electron chi connectivity index (χ2n) is 7.94. The fraction of sp³-hybridized carbons (Fsp3) is 0.231. The molecule has 2 aromatic carbocycles. The van der Waals surface area contributed by atoms with Crippen molar-refractivity contribution in [2.45, 2.75) is 25.9 Å². The molecule has 0 radical (unpaired) electrons. The lowest BCUT2D eigenvalue weighted by molar-refractivity contribution is 0.0664. The van der Waals surface area contributed by atoms with Gasteiger partial charge in [0.15, 0.2) is 5.65 Å². The zero-order chi connectivity index (χ0) is 24.1. The molecule has 1 unspecified atom stereocenters. The van der Waals surface area contributed by atoms with Gasteiger partial charge in [0.25, 0.3) is 11.5 Å². The monoisotopic (exact) mass is 475 g/mol. The van der Waals surface area contributed by atoms with Gasteiger partial charge in [-0.2, -0.15) is 0 Å². The van der Waals surface area contributed by atoms with Crippen LogP contribution in [-0.2, 0) is 6.54 Å². The number of aromatic nitrogens is 3. The minimum atomic E-state index is -0.477. The maximum Gasteiger partial charge on any atom is 0.263 e. The molecule has 34 heavy (non-hydrogen) atoms. The van der Waals surface area contributed by atoms with E-state index in [2.05, 4.69) is 4.98 Å². The van der Waals surface area contributed by atoms with Crippen LogP contribution >= 0.6 is 11.6 Å². The van der Waals surface area contributed by atoms with Gasteiger partial charge in [-0.3, -0.25) is 14.2 Å².